The molecule has 0 fully saturated rings. The van der Waals surface area contributed by atoms with E-state index in [1.165, 1.54) is 10.9 Å². The number of thiophene rings is 1. The van der Waals surface area contributed by atoms with E-state index in [0.29, 0.717) is 6.54 Å². The molecule has 0 radical (unpaired) electrons. The molecule has 1 amide bonds. The SMILES string of the molecule is Cc1ccccc1[C@@H]1c2ccsc2CCN1C(=O)c1ccccc1F. The molecule has 1 atom stereocenters. The molecule has 25 heavy (non-hydrogen) atoms. The Kier molecular flexibility index (Phi) is 4.14. The minimum atomic E-state index is -0.466. The zero-order chi connectivity index (χ0) is 17.4. The smallest absolute Gasteiger partial charge is 0.257 e. The molecule has 4 rings (SSSR count). The van der Waals surface area contributed by atoms with Crippen molar-refractivity contribution < 1.29 is 9.18 Å². The van der Waals surface area contributed by atoms with Crippen LogP contribution in [0.4, 0.5) is 4.39 Å². The molecule has 3 aromatic rings. The number of hydrogen-bond acceptors (Lipinski definition) is 2. The van der Waals surface area contributed by atoms with Crippen molar-refractivity contribution in [2.75, 3.05) is 6.54 Å². The first-order valence-corrected chi connectivity index (χ1v) is 9.22. The van der Waals surface area contributed by atoms with E-state index >= 15 is 0 Å². The lowest BCUT2D eigenvalue weighted by atomic mass is 9.90. The molecule has 4 heteroatoms. The average molecular weight is 351 g/mol. The van der Waals surface area contributed by atoms with Crippen LogP contribution in [0.15, 0.2) is 60.0 Å². The number of carbonyl (C=O) groups is 1. The average Bonchev–Trinajstić information content (AvgIpc) is 3.10. The van der Waals surface area contributed by atoms with Gasteiger partial charge in [-0.25, -0.2) is 4.39 Å². The summed E-state index contributed by atoms with van der Waals surface area (Å²) in [6.07, 6.45) is 0.815. The van der Waals surface area contributed by atoms with Gasteiger partial charge in [0, 0.05) is 11.4 Å². The number of benzene rings is 2. The number of nitrogens with zero attached hydrogens (tertiary/aromatic N) is 1. The van der Waals surface area contributed by atoms with Gasteiger partial charge in [-0.1, -0.05) is 36.4 Å². The highest BCUT2D eigenvalue weighted by molar-refractivity contribution is 7.10. The van der Waals surface area contributed by atoms with E-state index in [1.54, 1.807) is 29.5 Å². The van der Waals surface area contributed by atoms with Gasteiger partial charge in [-0.3, -0.25) is 4.79 Å². The molecule has 126 valence electrons. The molecule has 1 aliphatic rings. The summed E-state index contributed by atoms with van der Waals surface area (Å²) >= 11 is 1.73. The van der Waals surface area contributed by atoms with E-state index in [4.69, 9.17) is 0 Å². The monoisotopic (exact) mass is 351 g/mol. The predicted octanol–water partition coefficient (Wildman–Crippen LogP) is 4.98. The van der Waals surface area contributed by atoms with Crippen LogP contribution in [-0.4, -0.2) is 17.4 Å². The molecular formula is C21H18FNOS. The van der Waals surface area contributed by atoms with E-state index < -0.39 is 5.82 Å². The first kappa shape index (κ1) is 16.0. The zero-order valence-corrected chi connectivity index (χ0v) is 14.7. The topological polar surface area (TPSA) is 20.3 Å². The Labute approximate surface area is 150 Å². The van der Waals surface area contributed by atoms with Gasteiger partial charge in [0.15, 0.2) is 0 Å². The minimum Gasteiger partial charge on any atom is -0.327 e. The summed E-state index contributed by atoms with van der Waals surface area (Å²) in [6.45, 7) is 2.65. The van der Waals surface area contributed by atoms with E-state index in [-0.39, 0.29) is 17.5 Å². The van der Waals surface area contributed by atoms with Crippen LogP contribution >= 0.6 is 11.3 Å². The standard InChI is InChI=1S/C21H18FNOS/c1-14-6-2-3-7-15(14)20-17-11-13-25-19(17)10-12-23(20)21(24)16-8-4-5-9-18(16)22/h2-9,11,13,20H,10,12H2,1H3/t20-/m1/s1. The van der Waals surface area contributed by atoms with Crippen LogP contribution in [-0.2, 0) is 6.42 Å². The Morgan fingerprint density at radius 1 is 1.08 bits per heavy atom. The molecule has 0 N–H and O–H groups in total. The maximum Gasteiger partial charge on any atom is 0.257 e. The molecule has 0 saturated carbocycles. The second-order valence-electron chi connectivity index (χ2n) is 6.29. The third-order valence-electron chi connectivity index (χ3n) is 4.81. The van der Waals surface area contributed by atoms with E-state index in [9.17, 15) is 9.18 Å². The van der Waals surface area contributed by atoms with Crippen molar-refractivity contribution in [2.24, 2.45) is 0 Å². The highest BCUT2D eigenvalue weighted by Gasteiger charge is 2.34. The molecule has 0 spiro atoms. The largest absolute Gasteiger partial charge is 0.327 e. The van der Waals surface area contributed by atoms with Gasteiger partial charge in [-0.15, -0.1) is 11.3 Å². The second kappa shape index (κ2) is 6.45. The normalized spacial score (nSPS) is 16.6. The third kappa shape index (κ3) is 2.76. The van der Waals surface area contributed by atoms with Gasteiger partial charge < -0.3 is 4.90 Å². The van der Waals surface area contributed by atoms with Crippen molar-refractivity contribution in [3.63, 3.8) is 0 Å². The second-order valence-corrected chi connectivity index (χ2v) is 7.29. The summed E-state index contributed by atoms with van der Waals surface area (Å²) in [5, 5.41) is 2.08. The Morgan fingerprint density at radius 3 is 2.64 bits per heavy atom. The third-order valence-corrected chi connectivity index (χ3v) is 5.81. The molecule has 0 aliphatic carbocycles. The van der Waals surface area contributed by atoms with Gasteiger partial charge in [0.05, 0.1) is 11.6 Å². The fourth-order valence-corrected chi connectivity index (χ4v) is 4.46. The molecule has 0 unspecified atom stereocenters. The van der Waals surface area contributed by atoms with E-state index in [1.807, 2.05) is 17.0 Å². The lowest BCUT2D eigenvalue weighted by Crippen LogP contribution is -2.40. The number of amides is 1. The molecule has 1 aliphatic heterocycles. The fraction of sp³-hybridized carbons (Fsp3) is 0.190. The molecule has 2 nitrogen and oxygen atoms in total. The molecule has 2 heterocycles. The van der Waals surface area contributed by atoms with Crippen LogP contribution in [0.3, 0.4) is 0 Å². The fourth-order valence-electron chi connectivity index (χ4n) is 3.55. The minimum absolute atomic E-state index is 0.139. The number of carbonyl (C=O) groups excluding carboxylic acids is 1. The van der Waals surface area contributed by atoms with Crippen molar-refractivity contribution in [3.05, 3.63) is 92.9 Å². The first-order valence-electron chi connectivity index (χ1n) is 8.34. The van der Waals surface area contributed by atoms with Crippen LogP contribution in [0.25, 0.3) is 0 Å². The predicted molar refractivity (Wildman–Crippen MR) is 98.5 cm³/mol. The Hall–Kier alpha value is -2.46. The van der Waals surface area contributed by atoms with Crippen molar-refractivity contribution >= 4 is 17.2 Å². The maximum atomic E-state index is 14.2. The van der Waals surface area contributed by atoms with Gasteiger partial charge in [0.2, 0.25) is 0 Å². The molecule has 0 saturated heterocycles. The van der Waals surface area contributed by atoms with E-state index in [2.05, 4.69) is 30.5 Å². The highest BCUT2D eigenvalue weighted by Crippen LogP contribution is 2.39. The first-order chi connectivity index (χ1) is 12.2. The van der Waals surface area contributed by atoms with Crippen molar-refractivity contribution in [2.45, 2.75) is 19.4 Å². The number of hydrogen-bond donors (Lipinski definition) is 0. The van der Waals surface area contributed by atoms with Crippen LogP contribution in [0.2, 0.25) is 0 Å². The van der Waals surface area contributed by atoms with Gasteiger partial charge in [0.25, 0.3) is 5.91 Å². The van der Waals surface area contributed by atoms with Crippen LogP contribution in [0.1, 0.15) is 38.0 Å². The van der Waals surface area contributed by atoms with Gasteiger partial charge >= 0.3 is 0 Å². The Balaban J connectivity index is 1.83. The lowest BCUT2D eigenvalue weighted by molar-refractivity contribution is 0.0691. The van der Waals surface area contributed by atoms with Crippen LogP contribution in [0.5, 0.6) is 0 Å². The maximum absolute atomic E-state index is 14.2. The van der Waals surface area contributed by atoms with Gasteiger partial charge in [-0.05, 0) is 53.6 Å². The highest BCUT2D eigenvalue weighted by atomic mass is 32.1. The zero-order valence-electron chi connectivity index (χ0n) is 13.9. The van der Waals surface area contributed by atoms with Crippen LogP contribution < -0.4 is 0 Å². The summed E-state index contributed by atoms with van der Waals surface area (Å²) in [5.41, 5.74) is 3.54. The lowest BCUT2D eigenvalue weighted by Gasteiger charge is -2.37. The molecular weight excluding hydrogens is 333 g/mol. The van der Waals surface area contributed by atoms with Crippen molar-refractivity contribution in [3.8, 4) is 0 Å². The van der Waals surface area contributed by atoms with E-state index in [0.717, 1.165) is 23.1 Å². The summed E-state index contributed by atoms with van der Waals surface area (Å²) in [4.78, 5) is 16.3. The summed E-state index contributed by atoms with van der Waals surface area (Å²) in [7, 11) is 0. The van der Waals surface area contributed by atoms with Crippen molar-refractivity contribution in [1.29, 1.82) is 0 Å². The summed E-state index contributed by atoms with van der Waals surface area (Å²) in [5.74, 6) is -0.713. The summed E-state index contributed by atoms with van der Waals surface area (Å²) in [6, 6.07) is 16.3. The number of aryl methyl sites for hydroxylation is 1. The van der Waals surface area contributed by atoms with Crippen LogP contribution in [0, 0.1) is 12.7 Å². The van der Waals surface area contributed by atoms with Crippen molar-refractivity contribution in [1.82, 2.24) is 4.90 Å². The Morgan fingerprint density at radius 2 is 1.84 bits per heavy atom. The molecule has 1 aromatic heterocycles. The quantitative estimate of drug-likeness (QED) is 0.637. The number of fused-ring (bicyclic) bond motifs is 1. The van der Waals surface area contributed by atoms with Gasteiger partial charge in [0.1, 0.15) is 5.82 Å². The van der Waals surface area contributed by atoms with Gasteiger partial charge in [-0.2, -0.15) is 0 Å². The summed E-state index contributed by atoms with van der Waals surface area (Å²) < 4.78 is 14.2. The Bertz CT molecular complexity index is 933. The molecule has 2 aromatic carbocycles. The molecule has 0 bridgehead atoms. The number of halogens is 1. The number of rotatable bonds is 2.